The highest BCUT2D eigenvalue weighted by Crippen LogP contribution is 2.42. The maximum atomic E-state index is 12.4. The molecule has 1 saturated heterocycles. The summed E-state index contributed by atoms with van der Waals surface area (Å²) in [5.41, 5.74) is -0.807. The number of methoxy groups -OCH3 is 1. The van der Waals surface area contributed by atoms with Crippen LogP contribution in [0.3, 0.4) is 0 Å². The first-order valence-corrected chi connectivity index (χ1v) is 9.37. The molecule has 0 amide bonds. The van der Waals surface area contributed by atoms with E-state index in [9.17, 15) is 14.7 Å². The SMILES string of the molecule is COCCCOc1cc2c(nc1Cl)-c1cc(=O)c(C(=O)O)cn1C1(COC1)CO2. The Morgan fingerprint density at radius 3 is 2.79 bits per heavy atom. The Labute approximate surface area is 170 Å². The van der Waals surface area contributed by atoms with E-state index >= 15 is 0 Å². The molecule has 2 aliphatic rings. The third kappa shape index (κ3) is 3.45. The van der Waals surface area contributed by atoms with Gasteiger partial charge in [-0.3, -0.25) is 4.79 Å². The molecule has 2 aliphatic heterocycles. The average molecular weight is 423 g/mol. The molecule has 9 nitrogen and oxygen atoms in total. The van der Waals surface area contributed by atoms with E-state index in [0.29, 0.717) is 55.7 Å². The minimum Gasteiger partial charge on any atom is -0.490 e. The van der Waals surface area contributed by atoms with E-state index < -0.39 is 16.9 Å². The van der Waals surface area contributed by atoms with E-state index in [2.05, 4.69) is 4.98 Å². The van der Waals surface area contributed by atoms with Crippen LogP contribution in [-0.2, 0) is 15.0 Å². The van der Waals surface area contributed by atoms with E-state index in [4.69, 9.17) is 30.5 Å². The number of hydrogen-bond donors (Lipinski definition) is 1. The minimum atomic E-state index is -1.29. The number of aromatic nitrogens is 2. The van der Waals surface area contributed by atoms with Gasteiger partial charge in [-0.15, -0.1) is 0 Å². The Balaban J connectivity index is 1.80. The normalized spacial score (nSPS) is 16.2. The third-order valence-electron chi connectivity index (χ3n) is 4.93. The Morgan fingerprint density at radius 2 is 2.14 bits per heavy atom. The molecule has 0 saturated carbocycles. The van der Waals surface area contributed by atoms with Gasteiger partial charge in [0, 0.05) is 38.5 Å². The first-order valence-electron chi connectivity index (χ1n) is 8.99. The van der Waals surface area contributed by atoms with Crippen molar-refractivity contribution >= 4 is 17.6 Å². The molecule has 0 unspecified atom stereocenters. The molecule has 0 bridgehead atoms. The minimum absolute atomic E-state index is 0.117. The lowest BCUT2D eigenvalue weighted by Crippen LogP contribution is -2.55. The summed E-state index contributed by atoms with van der Waals surface area (Å²) in [5.74, 6) is -0.536. The number of aromatic carboxylic acids is 1. The Hall–Kier alpha value is -2.62. The summed E-state index contributed by atoms with van der Waals surface area (Å²) in [7, 11) is 1.61. The predicted molar refractivity (Wildman–Crippen MR) is 102 cm³/mol. The molecule has 1 N–H and O–H groups in total. The van der Waals surface area contributed by atoms with Gasteiger partial charge in [-0.05, 0) is 0 Å². The fourth-order valence-corrected chi connectivity index (χ4v) is 3.54. The van der Waals surface area contributed by atoms with Gasteiger partial charge >= 0.3 is 5.97 Å². The number of ether oxygens (including phenoxy) is 4. The van der Waals surface area contributed by atoms with Crippen LogP contribution in [0.15, 0.2) is 23.1 Å². The molecule has 0 atom stereocenters. The van der Waals surface area contributed by atoms with E-state index in [1.165, 1.54) is 12.3 Å². The number of carboxylic acid groups (broad SMARTS) is 1. The number of halogens is 1. The van der Waals surface area contributed by atoms with Gasteiger partial charge in [-0.2, -0.15) is 0 Å². The van der Waals surface area contributed by atoms with Crippen LogP contribution in [0, 0.1) is 0 Å². The molecular weight excluding hydrogens is 404 g/mol. The largest absolute Gasteiger partial charge is 0.490 e. The molecule has 4 heterocycles. The molecule has 0 aliphatic carbocycles. The van der Waals surface area contributed by atoms with Crippen molar-refractivity contribution in [1.29, 1.82) is 0 Å². The van der Waals surface area contributed by atoms with Gasteiger partial charge in [0.2, 0.25) is 0 Å². The van der Waals surface area contributed by atoms with Crippen LogP contribution in [-0.4, -0.2) is 60.8 Å². The van der Waals surface area contributed by atoms with Crippen LogP contribution in [0.1, 0.15) is 16.8 Å². The van der Waals surface area contributed by atoms with Crippen molar-refractivity contribution in [2.24, 2.45) is 0 Å². The zero-order chi connectivity index (χ0) is 20.6. The zero-order valence-corrected chi connectivity index (χ0v) is 16.4. The molecule has 10 heteroatoms. The lowest BCUT2D eigenvalue weighted by molar-refractivity contribution is -0.117. The van der Waals surface area contributed by atoms with Crippen molar-refractivity contribution in [1.82, 2.24) is 9.55 Å². The molecule has 2 aromatic heterocycles. The molecule has 2 aromatic rings. The number of pyridine rings is 2. The molecule has 0 radical (unpaired) electrons. The van der Waals surface area contributed by atoms with Crippen LogP contribution in [0.5, 0.6) is 11.5 Å². The fourth-order valence-electron chi connectivity index (χ4n) is 3.35. The maximum absolute atomic E-state index is 12.4. The quantitative estimate of drug-likeness (QED) is 0.554. The van der Waals surface area contributed by atoms with Crippen molar-refractivity contribution in [2.75, 3.05) is 40.1 Å². The van der Waals surface area contributed by atoms with E-state index in [1.54, 1.807) is 17.7 Å². The summed E-state index contributed by atoms with van der Waals surface area (Å²) in [5, 5.41) is 9.47. The lowest BCUT2D eigenvalue weighted by atomic mass is 9.96. The summed E-state index contributed by atoms with van der Waals surface area (Å²) in [6, 6.07) is 2.88. The van der Waals surface area contributed by atoms with E-state index in [-0.39, 0.29) is 17.3 Å². The first kappa shape index (κ1) is 19.7. The fraction of sp³-hybridized carbons (Fsp3) is 0.421. The number of fused-ring (bicyclic) bond motifs is 4. The molecule has 4 rings (SSSR count). The first-order chi connectivity index (χ1) is 13.9. The molecule has 0 aromatic carbocycles. The summed E-state index contributed by atoms with van der Waals surface area (Å²) in [6.45, 7) is 1.82. The highest BCUT2D eigenvalue weighted by molar-refractivity contribution is 6.31. The monoisotopic (exact) mass is 422 g/mol. The summed E-state index contributed by atoms with van der Waals surface area (Å²) in [6.07, 6.45) is 2.01. The van der Waals surface area contributed by atoms with Gasteiger partial charge in [0.1, 0.15) is 23.4 Å². The summed E-state index contributed by atoms with van der Waals surface area (Å²) in [4.78, 5) is 28.2. The highest BCUT2D eigenvalue weighted by atomic mass is 35.5. The van der Waals surface area contributed by atoms with Gasteiger partial charge < -0.3 is 28.6 Å². The van der Waals surface area contributed by atoms with Crippen molar-refractivity contribution in [2.45, 2.75) is 12.0 Å². The van der Waals surface area contributed by atoms with Crippen molar-refractivity contribution < 1.29 is 28.8 Å². The van der Waals surface area contributed by atoms with Gasteiger partial charge in [0.05, 0.1) is 25.5 Å². The zero-order valence-electron chi connectivity index (χ0n) is 15.6. The van der Waals surface area contributed by atoms with Gasteiger partial charge in [0.25, 0.3) is 0 Å². The van der Waals surface area contributed by atoms with Crippen molar-refractivity contribution in [3.05, 3.63) is 39.3 Å². The van der Waals surface area contributed by atoms with Crippen molar-refractivity contribution in [3.8, 4) is 22.9 Å². The van der Waals surface area contributed by atoms with Crippen LogP contribution in [0.2, 0.25) is 5.15 Å². The second-order valence-electron chi connectivity index (χ2n) is 6.94. The maximum Gasteiger partial charge on any atom is 0.341 e. The number of rotatable bonds is 6. The second kappa shape index (κ2) is 7.66. The highest BCUT2D eigenvalue weighted by Gasteiger charge is 2.45. The second-order valence-corrected chi connectivity index (χ2v) is 7.29. The van der Waals surface area contributed by atoms with Gasteiger partial charge in [-0.25, -0.2) is 9.78 Å². The van der Waals surface area contributed by atoms with E-state index in [0.717, 1.165) is 0 Å². The molecule has 29 heavy (non-hydrogen) atoms. The number of hydrogen-bond acceptors (Lipinski definition) is 7. The number of carbonyl (C=O) groups is 1. The topological polar surface area (TPSA) is 109 Å². The number of carboxylic acids is 1. The lowest BCUT2D eigenvalue weighted by Gasteiger charge is -2.42. The Kier molecular flexibility index (Phi) is 5.20. The van der Waals surface area contributed by atoms with Crippen LogP contribution < -0.4 is 14.9 Å². The van der Waals surface area contributed by atoms with E-state index in [1.807, 2.05) is 0 Å². The van der Waals surface area contributed by atoms with Crippen molar-refractivity contribution in [3.63, 3.8) is 0 Å². The molecular formula is C19H19ClN2O7. The van der Waals surface area contributed by atoms with Gasteiger partial charge in [0.15, 0.2) is 22.1 Å². The van der Waals surface area contributed by atoms with Crippen LogP contribution in [0.25, 0.3) is 11.4 Å². The van der Waals surface area contributed by atoms with Gasteiger partial charge in [-0.1, -0.05) is 11.6 Å². The number of nitrogens with zero attached hydrogens (tertiary/aromatic N) is 2. The smallest absolute Gasteiger partial charge is 0.341 e. The molecule has 1 spiro atoms. The van der Waals surface area contributed by atoms with Crippen LogP contribution in [0.4, 0.5) is 0 Å². The molecule has 1 fully saturated rings. The standard InChI is InChI=1S/C19H19ClN2O7/c1-26-3-2-4-28-15-6-14-16(21-17(15)20)12-5-13(23)11(18(24)25)7-22(12)19(10-29-14)8-27-9-19/h5-7H,2-4,8-10H2,1H3,(H,24,25). The predicted octanol–water partition coefficient (Wildman–Crippen LogP) is 1.80. The average Bonchev–Trinajstić information content (AvgIpc) is 2.79. The van der Waals surface area contributed by atoms with Crippen LogP contribution >= 0.6 is 11.6 Å². The Bertz CT molecular complexity index is 1020. The molecule has 154 valence electrons. The summed E-state index contributed by atoms with van der Waals surface area (Å²) < 4.78 is 23.7. The Morgan fingerprint density at radius 1 is 1.34 bits per heavy atom. The third-order valence-corrected chi connectivity index (χ3v) is 5.20. The summed E-state index contributed by atoms with van der Waals surface area (Å²) >= 11 is 6.31.